The molecule has 0 radical (unpaired) electrons. The van der Waals surface area contributed by atoms with E-state index >= 15 is 0 Å². The van der Waals surface area contributed by atoms with Crippen LogP contribution in [-0.2, 0) is 0 Å². The van der Waals surface area contributed by atoms with Crippen molar-refractivity contribution in [3.63, 3.8) is 0 Å². The molecule has 3 N–H and O–H groups in total. The topological polar surface area (TPSA) is 46.2 Å². The van der Waals surface area contributed by atoms with Gasteiger partial charge in [0.1, 0.15) is 0 Å². The fourth-order valence-electron chi connectivity index (χ4n) is 1.43. The van der Waals surface area contributed by atoms with Gasteiger partial charge in [0.25, 0.3) is 0 Å². The van der Waals surface area contributed by atoms with Crippen LogP contribution in [0.15, 0.2) is 24.3 Å². The van der Waals surface area contributed by atoms with E-state index in [-0.39, 0.29) is 17.8 Å². The first-order chi connectivity index (χ1) is 6.82. The third-order valence-electron chi connectivity index (χ3n) is 2.46. The van der Waals surface area contributed by atoms with Crippen LogP contribution in [0.3, 0.4) is 0 Å². The Morgan fingerprint density at radius 3 is 2.31 bits per heavy atom. The fraction of sp³-hybridized carbons (Fsp3) is 0.500. The molecule has 0 saturated heterocycles. The highest BCUT2D eigenvalue weighted by Crippen LogP contribution is 2.29. The molecule has 0 spiro atoms. The molecular weight excluding hydrogens is 245 g/mol. The highest BCUT2D eigenvalue weighted by atomic mass is 35.5. The summed E-state index contributed by atoms with van der Waals surface area (Å²) in [7, 11) is 0. The summed E-state index contributed by atoms with van der Waals surface area (Å²) in [6.07, 6.45) is -0.587. The summed E-state index contributed by atoms with van der Waals surface area (Å²) in [4.78, 5) is 0. The van der Waals surface area contributed by atoms with Crippen LogP contribution in [0.5, 0.6) is 0 Å². The maximum atomic E-state index is 10.0. The summed E-state index contributed by atoms with van der Waals surface area (Å²) < 4.78 is 0. The minimum Gasteiger partial charge on any atom is -0.391 e. The van der Waals surface area contributed by atoms with Gasteiger partial charge in [0.2, 0.25) is 0 Å². The van der Waals surface area contributed by atoms with Gasteiger partial charge in [0.05, 0.1) is 12.1 Å². The third-order valence-corrected chi connectivity index (χ3v) is 2.70. The second-order valence-corrected chi connectivity index (χ2v) is 5.33. The SMILES string of the molecule is CC(C)(C)[C@H](O)[C@H](N)c1cccc(Cl)c1.Cl. The Balaban J connectivity index is 0.00000225. The van der Waals surface area contributed by atoms with Gasteiger partial charge in [-0.05, 0) is 23.1 Å². The normalized spacial score (nSPS) is 15.1. The Labute approximate surface area is 108 Å². The first-order valence-electron chi connectivity index (χ1n) is 5.01. The van der Waals surface area contributed by atoms with Crippen LogP contribution in [0, 0.1) is 5.41 Å². The van der Waals surface area contributed by atoms with Crippen LogP contribution in [0.1, 0.15) is 32.4 Å². The number of nitrogens with two attached hydrogens (primary N) is 1. The summed E-state index contributed by atoms with van der Waals surface area (Å²) in [5.74, 6) is 0. The number of hydrogen-bond donors (Lipinski definition) is 2. The standard InChI is InChI=1S/C12H18ClNO.ClH/c1-12(2,3)11(15)10(14)8-5-4-6-9(13)7-8;/h4-7,10-11,15H,14H2,1-3H3;1H/t10-,11-;/m1./s1. The van der Waals surface area contributed by atoms with Gasteiger partial charge in [-0.1, -0.05) is 44.5 Å². The van der Waals surface area contributed by atoms with Crippen molar-refractivity contribution in [1.82, 2.24) is 0 Å². The van der Waals surface area contributed by atoms with Crippen molar-refractivity contribution in [3.8, 4) is 0 Å². The maximum Gasteiger partial charge on any atom is 0.0780 e. The van der Waals surface area contributed by atoms with Gasteiger partial charge in [-0.25, -0.2) is 0 Å². The van der Waals surface area contributed by atoms with Crippen LogP contribution in [0.2, 0.25) is 5.02 Å². The predicted octanol–water partition coefficient (Wildman–Crippen LogP) is 3.17. The molecule has 2 nitrogen and oxygen atoms in total. The summed E-state index contributed by atoms with van der Waals surface area (Å²) in [5.41, 5.74) is 6.62. The molecule has 1 aromatic rings. The van der Waals surface area contributed by atoms with Crippen molar-refractivity contribution >= 4 is 24.0 Å². The Morgan fingerprint density at radius 1 is 1.31 bits per heavy atom. The molecule has 92 valence electrons. The quantitative estimate of drug-likeness (QED) is 0.861. The zero-order chi connectivity index (χ0) is 11.6. The lowest BCUT2D eigenvalue weighted by Crippen LogP contribution is -2.36. The number of aliphatic hydroxyl groups is 1. The van der Waals surface area contributed by atoms with Gasteiger partial charge >= 0.3 is 0 Å². The van der Waals surface area contributed by atoms with Crippen LogP contribution in [0.25, 0.3) is 0 Å². The molecule has 4 heteroatoms. The lowest BCUT2D eigenvalue weighted by Gasteiger charge is -2.31. The van der Waals surface area contributed by atoms with E-state index in [1.54, 1.807) is 12.1 Å². The summed E-state index contributed by atoms with van der Waals surface area (Å²) in [5, 5.41) is 10.7. The minimum atomic E-state index is -0.587. The molecule has 1 aromatic carbocycles. The van der Waals surface area contributed by atoms with Crippen molar-refractivity contribution < 1.29 is 5.11 Å². The van der Waals surface area contributed by atoms with Gasteiger partial charge in [-0.15, -0.1) is 12.4 Å². The molecule has 0 heterocycles. The van der Waals surface area contributed by atoms with E-state index < -0.39 is 12.1 Å². The molecule has 0 bridgehead atoms. The largest absolute Gasteiger partial charge is 0.391 e. The van der Waals surface area contributed by atoms with Crippen molar-refractivity contribution in [1.29, 1.82) is 0 Å². The van der Waals surface area contributed by atoms with E-state index in [9.17, 15) is 5.11 Å². The summed E-state index contributed by atoms with van der Waals surface area (Å²) >= 11 is 5.87. The van der Waals surface area contributed by atoms with Crippen LogP contribution >= 0.6 is 24.0 Å². The smallest absolute Gasteiger partial charge is 0.0780 e. The average molecular weight is 264 g/mol. The molecule has 0 aromatic heterocycles. The molecule has 0 amide bonds. The molecule has 0 unspecified atom stereocenters. The van der Waals surface area contributed by atoms with E-state index in [0.717, 1.165) is 5.56 Å². The molecule has 0 aliphatic carbocycles. The van der Waals surface area contributed by atoms with Crippen molar-refractivity contribution in [2.75, 3.05) is 0 Å². The van der Waals surface area contributed by atoms with Crippen LogP contribution < -0.4 is 5.73 Å². The Morgan fingerprint density at radius 2 is 1.88 bits per heavy atom. The van der Waals surface area contributed by atoms with Gasteiger partial charge in [-0.3, -0.25) is 0 Å². The Kier molecular flexibility index (Phi) is 5.77. The molecule has 16 heavy (non-hydrogen) atoms. The zero-order valence-corrected chi connectivity index (χ0v) is 11.3. The number of rotatable bonds is 2. The van der Waals surface area contributed by atoms with Gasteiger partial charge in [0.15, 0.2) is 0 Å². The number of aliphatic hydroxyl groups excluding tert-OH is 1. The lowest BCUT2D eigenvalue weighted by molar-refractivity contribution is 0.0401. The number of halogens is 2. The zero-order valence-electron chi connectivity index (χ0n) is 9.77. The van der Waals surface area contributed by atoms with E-state index in [1.807, 2.05) is 32.9 Å². The molecule has 0 aliphatic rings. The van der Waals surface area contributed by atoms with Gasteiger partial charge < -0.3 is 10.8 Å². The second kappa shape index (κ2) is 5.87. The minimum absolute atomic E-state index is 0. The van der Waals surface area contributed by atoms with Gasteiger partial charge in [-0.2, -0.15) is 0 Å². The third kappa shape index (κ3) is 3.95. The molecule has 0 aliphatic heterocycles. The number of benzene rings is 1. The Hall–Kier alpha value is -0.280. The number of hydrogen-bond acceptors (Lipinski definition) is 2. The molecule has 0 saturated carbocycles. The highest BCUT2D eigenvalue weighted by molar-refractivity contribution is 6.30. The molecule has 1 rings (SSSR count). The first-order valence-corrected chi connectivity index (χ1v) is 5.39. The highest BCUT2D eigenvalue weighted by Gasteiger charge is 2.28. The fourth-order valence-corrected chi connectivity index (χ4v) is 1.63. The predicted molar refractivity (Wildman–Crippen MR) is 71.1 cm³/mol. The molecule has 0 fully saturated rings. The summed E-state index contributed by atoms with van der Waals surface area (Å²) in [6, 6.07) is 6.91. The van der Waals surface area contributed by atoms with Crippen LogP contribution in [0.4, 0.5) is 0 Å². The van der Waals surface area contributed by atoms with Crippen molar-refractivity contribution in [2.45, 2.75) is 32.9 Å². The molecule has 2 atom stereocenters. The lowest BCUT2D eigenvalue weighted by atomic mass is 9.82. The van der Waals surface area contributed by atoms with E-state index in [4.69, 9.17) is 17.3 Å². The Bertz CT molecular complexity index is 336. The second-order valence-electron chi connectivity index (χ2n) is 4.89. The summed E-state index contributed by atoms with van der Waals surface area (Å²) in [6.45, 7) is 5.88. The average Bonchev–Trinajstić information content (AvgIpc) is 2.14. The van der Waals surface area contributed by atoms with E-state index in [1.165, 1.54) is 0 Å². The van der Waals surface area contributed by atoms with E-state index in [2.05, 4.69) is 0 Å². The van der Waals surface area contributed by atoms with Crippen molar-refractivity contribution in [2.24, 2.45) is 11.1 Å². The first kappa shape index (κ1) is 15.7. The monoisotopic (exact) mass is 263 g/mol. The van der Waals surface area contributed by atoms with Crippen molar-refractivity contribution in [3.05, 3.63) is 34.9 Å². The van der Waals surface area contributed by atoms with Gasteiger partial charge in [0, 0.05) is 5.02 Å². The molecular formula is C12H19Cl2NO. The van der Waals surface area contributed by atoms with Crippen LogP contribution in [-0.4, -0.2) is 11.2 Å². The maximum absolute atomic E-state index is 10.0. The van der Waals surface area contributed by atoms with E-state index in [0.29, 0.717) is 5.02 Å².